The quantitative estimate of drug-likeness (QED) is 0.831. The van der Waals surface area contributed by atoms with Crippen molar-refractivity contribution in [2.75, 3.05) is 7.11 Å². The number of esters is 1. The average molecular weight is 256 g/mol. The summed E-state index contributed by atoms with van der Waals surface area (Å²) in [4.78, 5) is 22.5. The van der Waals surface area contributed by atoms with E-state index in [1.54, 1.807) is 18.2 Å². The van der Waals surface area contributed by atoms with Crippen LogP contribution in [0.1, 0.15) is 12.5 Å². The summed E-state index contributed by atoms with van der Waals surface area (Å²) in [5.41, 5.74) is 0.863. The molecule has 1 aromatic carbocycles. The Balaban J connectivity index is 2.78. The summed E-state index contributed by atoms with van der Waals surface area (Å²) in [6.45, 7) is 1.36. The molecule has 0 aromatic heterocycles. The maximum atomic E-state index is 11.5. The van der Waals surface area contributed by atoms with Crippen molar-refractivity contribution in [3.05, 3.63) is 34.9 Å². The van der Waals surface area contributed by atoms with Crippen LogP contribution in [-0.4, -0.2) is 25.0 Å². The van der Waals surface area contributed by atoms with Crippen molar-refractivity contribution in [3.8, 4) is 0 Å². The van der Waals surface area contributed by atoms with Gasteiger partial charge >= 0.3 is 5.97 Å². The molecule has 0 fully saturated rings. The Morgan fingerprint density at radius 3 is 2.71 bits per heavy atom. The van der Waals surface area contributed by atoms with Crippen molar-refractivity contribution in [1.29, 1.82) is 0 Å². The number of amides is 1. The zero-order chi connectivity index (χ0) is 12.8. The molecule has 0 saturated carbocycles. The van der Waals surface area contributed by atoms with Gasteiger partial charge in [0.1, 0.15) is 6.04 Å². The fraction of sp³-hybridized carbons (Fsp3) is 0.333. The maximum absolute atomic E-state index is 11.5. The molecule has 0 bridgehead atoms. The molecule has 1 aromatic rings. The molecule has 0 radical (unpaired) electrons. The van der Waals surface area contributed by atoms with Crippen molar-refractivity contribution in [2.24, 2.45) is 0 Å². The van der Waals surface area contributed by atoms with Gasteiger partial charge in [0.15, 0.2) is 0 Å². The number of hydrogen-bond donors (Lipinski definition) is 1. The van der Waals surface area contributed by atoms with E-state index in [0.29, 0.717) is 11.4 Å². The minimum atomic E-state index is -0.684. The Morgan fingerprint density at radius 1 is 1.47 bits per heavy atom. The molecule has 1 N–H and O–H groups in total. The largest absolute Gasteiger partial charge is 0.467 e. The van der Waals surface area contributed by atoms with Crippen LogP contribution in [0, 0.1) is 0 Å². The van der Waals surface area contributed by atoms with Gasteiger partial charge in [0.05, 0.1) is 7.11 Å². The second-order valence-corrected chi connectivity index (χ2v) is 4.05. The minimum absolute atomic E-state index is 0.276. The van der Waals surface area contributed by atoms with Gasteiger partial charge in [-0.1, -0.05) is 23.7 Å². The number of nitrogens with one attached hydrogen (secondary N) is 1. The SMILES string of the molecule is COC(=O)[C@@H](Cc1cccc(Cl)c1)NC(C)=O. The van der Waals surface area contributed by atoms with Gasteiger partial charge in [-0.3, -0.25) is 4.79 Å². The van der Waals surface area contributed by atoms with E-state index in [0.717, 1.165) is 5.56 Å². The highest BCUT2D eigenvalue weighted by Gasteiger charge is 2.20. The number of carbonyl (C=O) groups is 2. The highest BCUT2D eigenvalue weighted by molar-refractivity contribution is 6.30. The van der Waals surface area contributed by atoms with E-state index in [1.807, 2.05) is 6.07 Å². The van der Waals surface area contributed by atoms with Gasteiger partial charge < -0.3 is 10.1 Å². The minimum Gasteiger partial charge on any atom is -0.467 e. The lowest BCUT2D eigenvalue weighted by Gasteiger charge is -2.15. The van der Waals surface area contributed by atoms with Crippen LogP contribution in [0.25, 0.3) is 0 Å². The Kier molecular flexibility index (Phi) is 4.97. The van der Waals surface area contributed by atoms with Crippen LogP contribution in [0.2, 0.25) is 5.02 Å². The molecular weight excluding hydrogens is 242 g/mol. The first-order valence-corrected chi connectivity index (χ1v) is 5.50. The Labute approximate surface area is 105 Å². The molecule has 0 saturated heterocycles. The van der Waals surface area contributed by atoms with Crippen molar-refractivity contribution < 1.29 is 14.3 Å². The normalized spacial score (nSPS) is 11.7. The smallest absolute Gasteiger partial charge is 0.328 e. The van der Waals surface area contributed by atoms with E-state index >= 15 is 0 Å². The van der Waals surface area contributed by atoms with E-state index < -0.39 is 12.0 Å². The summed E-state index contributed by atoms with van der Waals surface area (Å²) in [7, 11) is 1.29. The lowest BCUT2D eigenvalue weighted by atomic mass is 10.1. The highest BCUT2D eigenvalue weighted by Crippen LogP contribution is 2.12. The van der Waals surface area contributed by atoms with Crippen molar-refractivity contribution in [2.45, 2.75) is 19.4 Å². The average Bonchev–Trinajstić information content (AvgIpc) is 2.26. The van der Waals surface area contributed by atoms with Gasteiger partial charge in [-0.25, -0.2) is 4.79 Å². The molecule has 17 heavy (non-hydrogen) atoms. The van der Waals surface area contributed by atoms with E-state index in [9.17, 15) is 9.59 Å². The van der Waals surface area contributed by atoms with Gasteiger partial charge in [0.25, 0.3) is 0 Å². The second kappa shape index (κ2) is 6.25. The first-order chi connectivity index (χ1) is 8.02. The molecule has 0 spiro atoms. The van der Waals surface area contributed by atoms with Gasteiger partial charge in [-0.15, -0.1) is 0 Å². The fourth-order valence-corrected chi connectivity index (χ4v) is 1.69. The van der Waals surface area contributed by atoms with Gasteiger partial charge in [-0.2, -0.15) is 0 Å². The third-order valence-corrected chi connectivity index (χ3v) is 2.43. The van der Waals surface area contributed by atoms with Crippen LogP contribution >= 0.6 is 11.6 Å². The van der Waals surface area contributed by atoms with Crippen LogP contribution in [0.4, 0.5) is 0 Å². The first kappa shape index (κ1) is 13.5. The van der Waals surface area contributed by atoms with E-state index in [1.165, 1.54) is 14.0 Å². The van der Waals surface area contributed by atoms with Gasteiger partial charge in [0.2, 0.25) is 5.91 Å². The lowest BCUT2D eigenvalue weighted by Crippen LogP contribution is -2.41. The first-order valence-electron chi connectivity index (χ1n) is 5.12. The summed E-state index contributed by atoms with van der Waals surface area (Å²) in [5.74, 6) is -0.748. The molecule has 0 aliphatic heterocycles. The monoisotopic (exact) mass is 255 g/mol. The maximum Gasteiger partial charge on any atom is 0.328 e. The highest BCUT2D eigenvalue weighted by atomic mass is 35.5. The molecule has 1 rings (SSSR count). The Bertz CT molecular complexity index is 420. The fourth-order valence-electron chi connectivity index (χ4n) is 1.48. The van der Waals surface area contributed by atoms with Crippen LogP contribution in [0.5, 0.6) is 0 Å². The zero-order valence-electron chi connectivity index (χ0n) is 9.70. The van der Waals surface area contributed by atoms with Crippen LogP contribution in [0.3, 0.4) is 0 Å². The predicted molar refractivity (Wildman–Crippen MR) is 64.8 cm³/mol. The Morgan fingerprint density at radius 2 is 2.18 bits per heavy atom. The number of rotatable bonds is 4. The standard InChI is InChI=1S/C12H14ClNO3/c1-8(15)14-11(12(16)17-2)7-9-4-3-5-10(13)6-9/h3-6,11H,7H2,1-2H3,(H,14,15)/t11-/m1/s1. The van der Waals surface area contributed by atoms with Crippen LogP contribution in [-0.2, 0) is 20.7 Å². The summed E-state index contributed by atoms with van der Waals surface area (Å²) >= 11 is 5.84. The van der Waals surface area contributed by atoms with E-state index in [2.05, 4.69) is 10.1 Å². The Hall–Kier alpha value is -1.55. The molecular formula is C12H14ClNO3. The molecule has 0 aliphatic carbocycles. The van der Waals surface area contributed by atoms with E-state index in [-0.39, 0.29) is 5.91 Å². The summed E-state index contributed by atoms with van der Waals surface area (Å²) in [5, 5.41) is 3.13. The van der Waals surface area contributed by atoms with Gasteiger partial charge in [0, 0.05) is 18.4 Å². The number of benzene rings is 1. The summed E-state index contributed by atoms with van der Waals surface area (Å²) in [6.07, 6.45) is 0.354. The molecule has 4 nitrogen and oxygen atoms in total. The number of hydrogen-bond acceptors (Lipinski definition) is 3. The summed E-state index contributed by atoms with van der Waals surface area (Å²) in [6, 6.07) is 6.44. The van der Waals surface area contributed by atoms with Crippen LogP contribution < -0.4 is 5.32 Å². The molecule has 0 unspecified atom stereocenters. The number of methoxy groups -OCH3 is 1. The second-order valence-electron chi connectivity index (χ2n) is 3.61. The zero-order valence-corrected chi connectivity index (χ0v) is 10.5. The third kappa shape index (κ3) is 4.44. The predicted octanol–water partition coefficient (Wildman–Crippen LogP) is 1.56. The van der Waals surface area contributed by atoms with Crippen LogP contribution in [0.15, 0.2) is 24.3 Å². The molecule has 5 heteroatoms. The molecule has 92 valence electrons. The van der Waals surface area contributed by atoms with Crippen molar-refractivity contribution >= 4 is 23.5 Å². The van der Waals surface area contributed by atoms with Gasteiger partial charge in [-0.05, 0) is 17.7 Å². The van der Waals surface area contributed by atoms with Crippen molar-refractivity contribution in [3.63, 3.8) is 0 Å². The molecule has 0 heterocycles. The van der Waals surface area contributed by atoms with Crippen molar-refractivity contribution in [1.82, 2.24) is 5.32 Å². The molecule has 0 aliphatic rings. The third-order valence-electron chi connectivity index (χ3n) is 2.19. The topological polar surface area (TPSA) is 55.4 Å². The lowest BCUT2D eigenvalue weighted by molar-refractivity contribution is -0.144. The number of ether oxygens (including phenoxy) is 1. The summed E-state index contributed by atoms with van der Waals surface area (Å²) < 4.78 is 4.63. The molecule has 1 amide bonds. The van der Waals surface area contributed by atoms with E-state index in [4.69, 9.17) is 11.6 Å². The number of halogens is 1. The number of carbonyl (C=O) groups excluding carboxylic acids is 2. The molecule has 1 atom stereocenters.